The molecule has 4 aliphatic rings. The number of benzene rings is 1. The second-order valence-corrected chi connectivity index (χ2v) is 8.96. The van der Waals surface area contributed by atoms with Crippen LogP contribution in [-0.2, 0) is 4.79 Å². The molecule has 1 amide bonds. The van der Waals surface area contributed by atoms with Gasteiger partial charge in [0.25, 0.3) is 0 Å². The van der Waals surface area contributed by atoms with Gasteiger partial charge in [-0.3, -0.25) is 4.79 Å². The van der Waals surface area contributed by atoms with Gasteiger partial charge in [-0.25, -0.2) is 0 Å². The predicted molar refractivity (Wildman–Crippen MR) is 92.7 cm³/mol. The zero-order valence-corrected chi connectivity index (χ0v) is 14.8. The Balaban J connectivity index is 1.44. The number of aryl methyl sites for hydroxylation is 1. The fraction of sp³-hybridized carbons (Fsp3) is 0.632. The number of carbonyl (C=O) groups excluding carboxylic acids is 1. The van der Waals surface area contributed by atoms with Gasteiger partial charge in [0.15, 0.2) is 0 Å². The molecule has 22 heavy (non-hydrogen) atoms. The number of amides is 1. The highest BCUT2D eigenvalue weighted by Crippen LogP contribution is 2.61. The van der Waals surface area contributed by atoms with E-state index in [4.69, 9.17) is 0 Å². The minimum Gasteiger partial charge on any atom is -0.326 e. The van der Waals surface area contributed by atoms with Crippen LogP contribution in [0.25, 0.3) is 0 Å². The van der Waals surface area contributed by atoms with Gasteiger partial charge in [-0.2, -0.15) is 0 Å². The topological polar surface area (TPSA) is 29.1 Å². The van der Waals surface area contributed by atoms with Crippen molar-refractivity contribution < 1.29 is 4.79 Å². The van der Waals surface area contributed by atoms with Gasteiger partial charge >= 0.3 is 0 Å². The smallest absolute Gasteiger partial charge is 0.224 e. The van der Waals surface area contributed by atoms with Crippen LogP contribution in [0.5, 0.6) is 0 Å². The molecule has 1 N–H and O–H groups in total. The van der Waals surface area contributed by atoms with E-state index in [0.717, 1.165) is 39.9 Å². The summed E-state index contributed by atoms with van der Waals surface area (Å²) in [6.07, 6.45) is 8.93. The third-order valence-electron chi connectivity index (χ3n) is 6.14. The SMILES string of the molecule is Cc1cc(NC(=O)CC23CC4CC(CC(C4)C2)C3)ccc1Br. The summed E-state index contributed by atoms with van der Waals surface area (Å²) < 4.78 is 1.09. The van der Waals surface area contributed by atoms with E-state index in [0.29, 0.717) is 5.41 Å². The highest BCUT2D eigenvalue weighted by molar-refractivity contribution is 9.10. The Morgan fingerprint density at radius 2 is 1.77 bits per heavy atom. The minimum absolute atomic E-state index is 0.212. The number of hydrogen-bond acceptors (Lipinski definition) is 1. The first-order valence-electron chi connectivity index (χ1n) is 8.57. The van der Waals surface area contributed by atoms with E-state index in [1.54, 1.807) is 0 Å². The molecule has 0 atom stereocenters. The molecule has 5 rings (SSSR count). The number of anilines is 1. The maximum Gasteiger partial charge on any atom is 0.224 e. The van der Waals surface area contributed by atoms with E-state index in [1.165, 1.54) is 38.5 Å². The summed E-state index contributed by atoms with van der Waals surface area (Å²) in [4.78, 5) is 12.6. The molecule has 4 bridgehead atoms. The Hall–Kier alpha value is -0.830. The van der Waals surface area contributed by atoms with Crippen LogP contribution in [0.4, 0.5) is 5.69 Å². The average Bonchev–Trinajstić information content (AvgIpc) is 2.40. The van der Waals surface area contributed by atoms with E-state index in [1.807, 2.05) is 18.2 Å². The van der Waals surface area contributed by atoms with Crippen molar-refractivity contribution in [2.75, 3.05) is 5.32 Å². The maximum absolute atomic E-state index is 12.6. The van der Waals surface area contributed by atoms with Crippen molar-refractivity contribution in [1.29, 1.82) is 0 Å². The third kappa shape index (κ3) is 2.73. The molecule has 0 spiro atoms. The number of hydrogen-bond donors (Lipinski definition) is 1. The summed E-state index contributed by atoms with van der Waals surface area (Å²) >= 11 is 3.51. The van der Waals surface area contributed by atoms with Gasteiger partial charge in [0, 0.05) is 16.6 Å². The van der Waals surface area contributed by atoms with Crippen LogP contribution >= 0.6 is 15.9 Å². The van der Waals surface area contributed by atoms with Crippen LogP contribution < -0.4 is 5.32 Å². The molecule has 3 heteroatoms. The lowest BCUT2D eigenvalue weighted by Crippen LogP contribution is -2.47. The summed E-state index contributed by atoms with van der Waals surface area (Å²) in [6.45, 7) is 2.05. The molecular formula is C19H24BrNO. The Labute approximate surface area is 141 Å². The van der Waals surface area contributed by atoms with E-state index < -0.39 is 0 Å². The molecule has 4 saturated carbocycles. The van der Waals surface area contributed by atoms with E-state index in [2.05, 4.69) is 28.2 Å². The molecule has 0 saturated heterocycles. The molecule has 1 aromatic carbocycles. The van der Waals surface area contributed by atoms with E-state index >= 15 is 0 Å². The summed E-state index contributed by atoms with van der Waals surface area (Å²) in [5, 5.41) is 3.13. The molecule has 2 nitrogen and oxygen atoms in total. The summed E-state index contributed by atoms with van der Waals surface area (Å²) in [5.74, 6) is 2.94. The molecule has 118 valence electrons. The Morgan fingerprint density at radius 3 is 2.32 bits per heavy atom. The largest absolute Gasteiger partial charge is 0.326 e. The highest BCUT2D eigenvalue weighted by atomic mass is 79.9. The van der Waals surface area contributed by atoms with Crippen molar-refractivity contribution >= 4 is 27.5 Å². The highest BCUT2D eigenvalue weighted by Gasteiger charge is 2.51. The molecule has 4 aliphatic carbocycles. The monoisotopic (exact) mass is 361 g/mol. The fourth-order valence-electron chi connectivity index (χ4n) is 5.77. The van der Waals surface area contributed by atoms with Crippen molar-refractivity contribution in [2.24, 2.45) is 23.2 Å². The van der Waals surface area contributed by atoms with Gasteiger partial charge in [-0.1, -0.05) is 15.9 Å². The molecule has 0 radical (unpaired) electrons. The van der Waals surface area contributed by atoms with Gasteiger partial charge in [-0.05, 0) is 92.4 Å². The first-order chi connectivity index (χ1) is 10.5. The van der Waals surface area contributed by atoms with Crippen LogP contribution in [0.1, 0.15) is 50.5 Å². The first-order valence-corrected chi connectivity index (χ1v) is 9.37. The molecule has 4 fully saturated rings. The molecule has 0 aromatic heterocycles. The van der Waals surface area contributed by atoms with Crippen LogP contribution in [0.2, 0.25) is 0 Å². The Bertz CT molecular complexity index is 574. The lowest BCUT2D eigenvalue weighted by molar-refractivity contribution is -0.124. The van der Waals surface area contributed by atoms with Crippen molar-refractivity contribution in [3.8, 4) is 0 Å². The zero-order chi connectivity index (χ0) is 15.3. The Morgan fingerprint density at radius 1 is 1.18 bits per heavy atom. The van der Waals surface area contributed by atoms with Crippen LogP contribution in [0, 0.1) is 30.1 Å². The lowest BCUT2D eigenvalue weighted by atomic mass is 9.49. The number of halogens is 1. The normalized spacial score (nSPS) is 35.6. The van der Waals surface area contributed by atoms with Crippen LogP contribution in [0.15, 0.2) is 22.7 Å². The first kappa shape index (κ1) is 14.7. The number of carbonyl (C=O) groups is 1. The van der Waals surface area contributed by atoms with E-state index in [9.17, 15) is 4.79 Å². The molecule has 0 unspecified atom stereocenters. The molecule has 1 aromatic rings. The van der Waals surface area contributed by atoms with Crippen LogP contribution in [0.3, 0.4) is 0 Å². The van der Waals surface area contributed by atoms with Gasteiger partial charge in [0.05, 0.1) is 0 Å². The summed E-state index contributed by atoms with van der Waals surface area (Å²) in [6, 6.07) is 6.03. The summed E-state index contributed by atoms with van der Waals surface area (Å²) in [7, 11) is 0. The van der Waals surface area contributed by atoms with Gasteiger partial charge in [-0.15, -0.1) is 0 Å². The maximum atomic E-state index is 12.6. The number of nitrogens with one attached hydrogen (secondary N) is 1. The average molecular weight is 362 g/mol. The standard InChI is InChI=1S/C19H24BrNO/c1-12-4-16(2-3-17(12)20)21-18(22)11-19-8-13-5-14(9-19)7-15(6-13)10-19/h2-4,13-15H,5-11H2,1H3,(H,21,22). The van der Waals surface area contributed by atoms with Crippen molar-refractivity contribution in [2.45, 2.75) is 51.9 Å². The Kier molecular flexibility index (Phi) is 3.60. The van der Waals surface area contributed by atoms with Crippen molar-refractivity contribution in [3.05, 3.63) is 28.2 Å². The fourth-order valence-corrected chi connectivity index (χ4v) is 6.02. The zero-order valence-electron chi connectivity index (χ0n) is 13.2. The molecule has 0 heterocycles. The van der Waals surface area contributed by atoms with Crippen molar-refractivity contribution in [1.82, 2.24) is 0 Å². The lowest BCUT2D eigenvalue weighted by Gasteiger charge is -2.56. The molecular weight excluding hydrogens is 338 g/mol. The predicted octanol–water partition coefficient (Wildman–Crippen LogP) is 5.30. The molecule has 0 aliphatic heterocycles. The number of rotatable bonds is 3. The van der Waals surface area contributed by atoms with Gasteiger partial charge in [0.1, 0.15) is 0 Å². The summed E-state index contributed by atoms with van der Waals surface area (Å²) in [5.41, 5.74) is 2.41. The van der Waals surface area contributed by atoms with Crippen LogP contribution in [-0.4, -0.2) is 5.91 Å². The quantitative estimate of drug-likeness (QED) is 0.776. The van der Waals surface area contributed by atoms with E-state index in [-0.39, 0.29) is 5.91 Å². The third-order valence-corrected chi connectivity index (χ3v) is 7.03. The second-order valence-electron chi connectivity index (χ2n) is 8.11. The van der Waals surface area contributed by atoms with Gasteiger partial charge in [0.2, 0.25) is 5.91 Å². The van der Waals surface area contributed by atoms with Crippen molar-refractivity contribution in [3.63, 3.8) is 0 Å². The minimum atomic E-state index is 0.212. The second kappa shape index (κ2) is 5.36. The van der Waals surface area contributed by atoms with Gasteiger partial charge < -0.3 is 5.32 Å².